The lowest BCUT2D eigenvalue weighted by molar-refractivity contribution is 0.251. The minimum atomic E-state index is -0.521. The third-order valence-electron chi connectivity index (χ3n) is 9.12. The Morgan fingerprint density at radius 2 is 1.13 bits per heavy atom. The zero-order valence-electron chi connectivity index (χ0n) is 34.4. The maximum atomic E-state index is 12.3. The Morgan fingerprint density at radius 1 is 0.712 bits per heavy atom. The summed E-state index contributed by atoms with van der Waals surface area (Å²) in [6, 6.07) is 16.2. The van der Waals surface area contributed by atoms with Gasteiger partial charge in [0.1, 0.15) is 0 Å². The van der Waals surface area contributed by atoms with E-state index in [1.165, 1.54) is 108 Å². The van der Waals surface area contributed by atoms with Crippen molar-refractivity contribution in [1.29, 1.82) is 0 Å². The van der Waals surface area contributed by atoms with Crippen LogP contribution in [0.25, 0.3) is 11.1 Å². The highest BCUT2D eigenvalue weighted by Crippen LogP contribution is 2.27. The maximum absolute atomic E-state index is 12.3. The molecule has 4 nitrogen and oxygen atoms in total. The van der Waals surface area contributed by atoms with Crippen LogP contribution >= 0.6 is 24.4 Å². The summed E-state index contributed by atoms with van der Waals surface area (Å²) in [5.74, 6) is 1.97. The largest absolute Gasteiger partial charge is 0.338 e. The van der Waals surface area contributed by atoms with Crippen molar-refractivity contribution in [3.63, 3.8) is 0 Å². The van der Waals surface area contributed by atoms with E-state index in [2.05, 4.69) is 82.0 Å². The number of unbranched alkanes of at least 4 members (excludes halogenated alkanes) is 14. The van der Waals surface area contributed by atoms with Gasteiger partial charge in [0.15, 0.2) is 0 Å². The zero-order chi connectivity index (χ0) is 39.3. The van der Waals surface area contributed by atoms with Crippen molar-refractivity contribution in [2.75, 3.05) is 11.5 Å². The molecule has 6 heteroatoms. The summed E-state index contributed by atoms with van der Waals surface area (Å²) in [5.41, 5.74) is 5.44. The molecular weight excluding hydrogens is 677 g/mol. The highest BCUT2D eigenvalue weighted by molar-refractivity contribution is 8.13. The molecule has 1 amide bonds. The number of nitrogens with one attached hydrogen (secondary N) is 1. The number of thioether (sulfide) groups is 1. The molecule has 0 atom stereocenters. The molecule has 0 aliphatic heterocycles. The monoisotopic (exact) mass is 751 g/mol. The molecule has 2 rings (SSSR count). The van der Waals surface area contributed by atoms with Gasteiger partial charge in [-0.15, -0.1) is 0 Å². The molecule has 1 N–H and O–H groups in total. The summed E-state index contributed by atoms with van der Waals surface area (Å²) in [7, 11) is 0. The molecule has 0 saturated carbocycles. The fourth-order valence-corrected chi connectivity index (χ4v) is 6.61. The van der Waals surface area contributed by atoms with Gasteiger partial charge in [-0.3, -0.25) is 4.79 Å². The minimum absolute atomic E-state index is 0.0682. The van der Waals surface area contributed by atoms with Gasteiger partial charge in [0, 0.05) is 5.75 Å². The van der Waals surface area contributed by atoms with E-state index in [1.54, 1.807) is 6.08 Å². The SMILES string of the molecule is C=C(C)c1cccc(C(C)(C)N=C=O)c1.C=C(C)c1cccc(C(C)(C)NC(=O)SCCCCCCCCCC)c1.CCCCCCCCCCS. The van der Waals surface area contributed by atoms with Crippen molar-refractivity contribution in [3.05, 3.63) is 83.9 Å². The average Bonchev–Trinajstić information content (AvgIpc) is 3.11. The van der Waals surface area contributed by atoms with Crippen LogP contribution in [0.15, 0.2) is 66.7 Å². The van der Waals surface area contributed by atoms with Crippen LogP contribution in [-0.4, -0.2) is 22.8 Å². The van der Waals surface area contributed by atoms with Crippen LogP contribution < -0.4 is 5.32 Å². The molecule has 2 aromatic carbocycles. The molecule has 0 bridgehead atoms. The van der Waals surface area contributed by atoms with Crippen LogP contribution in [0, 0.1) is 0 Å². The number of aliphatic imine (C=N–C) groups is 1. The normalized spacial score (nSPS) is 10.9. The van der Waals surface area contributed by atoms with E-state index in [9.17, 15) is 9.59 Å². The van der Waals surface area contributed by atoms with E-state index in [0.717, 1.165) is 51.3 Å². The molecular formula is C46H74N2O2S2. The Bertz CT molecular complexity index is 1320. The quantitative estimate of drug-likeness (QED) is 0.0515. The summed E-state index contributed by atoms with van der Waals surface area (Å²) in [4.78, 5) is 26.4. The second-order valence-electron chi connectivity index (χ2n) is 15.0. The molecule has 0 heterocycles. The minimum Gasteiger partial charge on any atom is -0.338 e. The predicted molar refractivity (Wildman–Crippen MR) is 237 cm³/mol. The van der Waals surface area contributed by atoms with Crippen LogP contribution in [0.2, 0.25) is 0 Å². The molecule has 0 radical (unpaired) electrons. The van der Waals surface area contributed by atoms with Gasteiger partial charge in [0.05, 0.1) is 11.1 Å². The van der Waals surface area contributed by atoms with Gasteiger partial charge in [-0.2, -0.15) is 17.6 Å². The van der Waals surface area contributed by atoms with E-state index >= 15 is 0 Å². The third kappa shape index (κ3) is 23.9. The van der Waals surface area contributed by atoms with E-state index in [4.69, 9.17) is 0 Å². The first-order chi connectivity index (χ1) is 24.7. The number of isocyanates is 1. The van der Waals surface area contributed by atoms with Crippen LogP contribution in [0.5, 0.6) is 0 Å². The molecule has 292 valence electrons. The highest BCUT2D eigenvalue weighted by atomic mass is 32.2. The number of hydrogen-bond acceptors (Lipinski definition) is 5. The standard InChI is InChI=1S/C23H37NOS.C13H15NO.C10H22S/c1-6-7-8-9-10-11-12-13-17-26-22(25)24-23(4,5)21-16-14-15-20(18-21)19(2)3;1-10(2)11-6-5-7-12(8-11)13(3,4)14-9-15;1-2-3-4-5-6-7-8-9-10-11/h14-16,18H,2,6-13,17H2,1,3-5H3,(H,24,25);5-8H,1H2,2-4H3;11H,2-10H2,1H3. The van der Waals surface area contributed by atoms with Gasteiger partial charge in [-0.05, 0) is 94.5 Å². The first kappa shape index (κ1) is 49.5. The second-order valence-corrected chi connectivity index (χ2v) is 16.6. The van der Waals surface area contributed by atoms with Crippen molar-refractivity contribution >= 4 is 46.9 Å². The summed E-state index contributed by atoms with van der Waals surface area (Å²) >= 11 is 5.59. The topological polar surface area (TPSA) is 58.5 Å². The van der Waals surface area contributed by atoms with Crippen LogP contribution in [0.3, 0.4) is 0 Å². The van der Waals surface area contributed by atoms with E-state index < -0.39 is 5.54 Å². The van der Waals surface area contributed by atoms with Gasteiger partial charge in [-0.1, -0.05) is 176 Å². The summed E-state index contributed by atoms with van der Waals surface area (Å²) in [5, 5.41) is 3.23. The smallest absolute Gasteiger partial charge is 0.279 e. The number of thiol groups is 1. The summed E-state index contributed by atoms with van der Waals surface area (Å²) in [6.07, 6.45) is 23.2. The summed E-state index contributed by atoms with van der Waals surface area (Å²) < 4.78 is 0. The number of carbonyl (C=O) groups is 1. The molecule has 2 aromatic rings. The van der Waals surface area contributed by atoms with Gasteiger partial charge in [0.25, 0.3) is 5.24 Å². The predicted octanol–water partition coefficient (Wildman–Crippen LogP) is 14.9. The third-order valence-corrected chi connectivity index (χ3v) is 10.3. The Morgan fingerprint density at radius 3 is 1.58 bits per heavy atom. The Hall–Kier alpha value is -2.53. The molecule has 0 aromatic heterocycles. The number of benzene rings is 2. The van der Waals surface area contributed by atoms with Gasteiger partial charge in [0.2, 0.25) is 6.08 Å². The maximum Gasteiger partial charge on any atom is 0.279 e. The van der Waals surface area contributed by atoms with Crippen LogP contribution in [0.1, 0.15) is 180 Å². The molecule has 52 heavy (non-hydrogen) atoms. The lowest BCUT2D eigenvalue weighted by Crippen LogP contribution is -2.39. The van der Waals surface area contributed by atoms with Crippen molar-refractivity contribution in [1.82, 2.24) is 5.32 Å². The Balaban J connectivity index is 0.000000841. The lowest BCUT2D eigenvalue weighted by Gasteiger charge is -2.27. The molecule has 0 unspecified atom stereocenters. The number of amides is 1. The van der Waals surface area contributed by atoms with Crippen molar-refractivity contribution in [3.8, 4) is 0 Å². The summed E-state index contributed by atoms with van der Waals surface area (Å²) in [6.45, 7) is 24.2. The van der Waals surface area contributed by atoms with Crippen LogP contribution in [0.4, 0.5) is 4.79 Å². The molecule has 0 spiro atoms. The molecule has 0 aliphatic rings. The van der Waals surface area contributed by atoms with Crippen molar-refractivity contribution < 1.29 is 9.59 Å². The highest BCUT2D eigenvalue weighted by Gasteiger charge is 2.23. The van der Waals surface area contributed by atoms with E-state index in [0.29, 0.717) is 0 Å². The molecule has 0 aliphatic carbocycles. The second kappa shape index (κ2) is 29.9. The fourth-order valence-electron chi connectivity index (χ4n) is 5.53. The number of rotatable bonds is 23. The average molecular weight is 751 g/mol. The van der Waals surface area contributed by atoms with E-state index in [1.807, 2.05) is 58.0 Å². The molecule has 0 saturated heterocycles. The Labute approximate surface area is 330 Å². The van der Waals surface area contributed by atoms with Crippen molar-refractivity contribution in [2.24, 2.45) is 4.99 Å². The van der Waals surface area contributed by atoms with Gasteiger partial charge < -0.3 is 5.32 Å². The number of allylic oxidation sites excluding steroid dienone is 2. The van der Waals surface area contributed by atoms with Crippen molar-refractivity contribution in [2.45, 2.75) is 169 Å². The Kier molecular flexibility index (Phi) is 28.4. The van der Waals surface area contributed by atoms with Crippen LogP contribution in [-0.2, 0) is 15.9 Å². The van der Waals surface area contributed by atoms with Gasteiger partial charge >= 0.3 is 0 Å². The zero-order valence-corrected chi connectivity index (χ0v) is 36.1. The van der Waals surface area contributed by atoms with Gasteiger partial charge in [-0.25, -0.2) is 4.79 Å². The molecule has 0 fully saturated rings. The lowest BCUT2D eigenvalue weighted by atomic mass is 9.92. The first-order valence-corrected chi connectivity index (χ1v) is 21.5. The first-order valence-electron chi connectivity index (χ1n) is 19.9. The number of hydrogen-bond donors (Lipinski definition) is 2. The van der Waals surface area contributed by atoms with E-state index in [-0.39, 0.29) is 10.8 Å². The fraction of sp³-hybridized carbons (Fsp3) is 0.609. The number of carbonyl (C=O) groups excluding carboxylic acids is 2. The number of nitrogens with zero attached hydrogens (tertiary/aromatic N) is 1.